The van der Waals surface area contributed by atoms with Crippen molar-refractivity contribution in [2.75, 3.05) is 20.1 Å². The van der Waals surface area contributed by atoms with Crippen LogP contribution in [0.4, 0.5) is 0 Å². The van der Waals surface area contributed by atoms with E-state index in [-0.39, 0.29) is 24.4 Å². The van der Waals surface area contributed by atoms with E-state index in [9.17, 15) is 4.79 Å². The number of nitrogens with one attached hydrogen (secondary N) is 2. The van der Waals surface area contributed by atoms with Crippen molar-refractivity contribution in [3.05, 3.63) is 29.3 Å². The highest BCUT2D eigenvalue weighted by atomic mass is 35.5. The molecule has 1 aromatic carbocycles. The molecule has 2 N–H and O–H groups in total. The standard InChI is InChI=1S/C15H23ClN2O2.ClH/c1-3-12(11-18-15(19)9-6-10-17-2)20-14-8-5-4-7-13(14)16;/h4-5,7-8,12,17H,3,6,9-11H2,1-2H3,(H,18,19);1H. The summed E-state index contributed by atoms with van der Waals surface area (Å²) < 4.78 is 5.81. The number of rotatable bonds is 9. The maximum atomic E-state index is 11.6. The van der Waals surface area contributed by atoms with E-state index < -0.39 is 0 Å². The van der Waals surface area contributed by atoms with Crippen LogP contribution in [-0.4, -0.2) is 32.1 Å². The third-order valence-electron chi connectivity index (χ3n) is 2.94. The number of benzene rings is 1. The van der Waals surface area contributed by atoms with Crippen molar-refractivity contribution < 1.29 is 9.53 Å². The quantitative estimate of drug-likeness (QED) is 0.682. The van der Waals surface area contributed by atoms with Crippen molar-refractivity contribution >= 4 is 29.9 Å². The summed E-state index contributed by atoms with van der Waals surface area (Å²) in [6.07, 6.45) is 2.11. The third-order valence-corrected chi connectivity index (χ3v) is 3.26. The zero-order valence-corrected chi connectivity index (χ0v) is 14.1. The Morgan fingerprint density at radius 1 is 1.38 bits per heavy atom. The molecule has 0 spiro atoms. The number of para-hydroxylation sites is 1. The Balaban J connectivity index is 0.00000400. The van der Waals surface area contributed by atoms with E-state index >= 15 is 0 Å². The van der Waals surface area contributed by atoms with E-state index in [2.05, 4.69) is 10.6 Å². The lowest BCUT2D eigenvalue weighted by atomic mass is 10.2. The van der Waals surface area contributed by atoms with E-state index in [1.54, 1.807) is 6.07 Å². The summed E-state index contributed by atoms with van der Waals surface area (Å²) in [6, 6.07) is 7.36. The first-order valence-electron chi connectivity index (χ1n) is 6.99. The average Bonchev–Trinajstić information content (AvgIpc) is 2.45. The van der Waals surface area contributed by atoms with Gasteiger partial charge in [0, 0.05) is 6.42 Å². The van der Waals surface area contributed by atoms with Crippen LogP contribution in [0.5, 0.6) is 5.75 Å². The first kappa shape index (κ1) is 20.0. The Morgan fingerprint density at radius 2 is 2.10 bits per heavy atom. The van der Waals surface area contributed by atoms with Gasteiger partial charge in [0.2, 0.25) is 5.91 Å². The lowest BCUT2D eigenvalue weighted by Crippen LogP contribution is -2.35. The minimum absolute atomic E-state index is 0. The van der Waals surface area contributed by atoms with Gasteiger partial charge in [-0.3, -0.25) is 4.79 Å². The van der Waals surface area contributed by atoms with Gasteiger partial charge in [-0.1, -0.05) is 30.7 Å². The molecule has 0 saturated heterocycles. The second kappa shape index (κ2) is 11.7. The van der Waals surface area contributed by atoms with Crippen LogP contribution < -0.4 is 15.4 Å². The Labute approximate surface area is 138 Å². The molecular formula is C15H24Cl2N2O2. The molecule has 0 heterocycles. The first-order chi connectivity index (χ1) is 9.67. The Kier molecular flexibility index (Phi) is 11.1. The number of amides is 1. The van der Waals surface area contributed by atoms with E-state index in [1.807, 2.05) is 32.2 Å². The molecule has 0 aromatic heterocycles. The number of ether oxygens (including phenoxy) is 1. The van der Waals surface area contributed by atoms with Crippen molar-refractivity contribution in [2.24, 2.45) is 0 Å². The van der Waals surface area contributed by atoms with Crippen LogP contribution in [0, 0.1) is 0 Å². The molecule has 120 valence electrons. The lowest BCUT2D eigenvalue weighted by Gasteiger charge is -2.19. The Morgan fingerprint density at radius 3 is 2.71 bits per heavy atom. The summed E-state index contributed by atoms with van der Waals surface area (Å²) in [6.45, 7) is 3.37. The van der Waals surface area contributed by atoms with Gasteiger partial charge < -0.3 is 15.4 Å². The Bertz CT molecular complexity index is 416. The zero-order valence-electron chi connectivity index (χ0n) is 12.5. The van der Waals surface area contributed by atoms with Crippen molar-refractivity contribution in [3.8, 4) is 5.75 Å². The van der Waals surface area contributed by atoms with Crippen molar-refractivity contribution in [3.63, 3.8) is 0 Å². The Hall–Kier alpha value is -0.970. The molecule has 0 aliphatic carbocycles. The largest absolute Gasteiger partial charge is 0.487 e. The smallest absolute Gasteiger partial charge is 0.220 e. The van der Waals surface area contributed by atoms with Gasteiger partial charge in [-0.2, -0.15) is 0 Å². The number of carbonyl (C=O) groups is 1. The molecule has 0 fully saturated rings. The fourth-order valence-electron chi connectivity index (χ4n) is 1.73. The SMILES string of the molecule is CCC(CNC(=O)CCCNC)Oc1ccccc1Cl.Cl. The topological polar surface area (TPSA) is 50.4 Å². The molecule has 21 heavy (non-hydrogen) atoms. The molecule has 0 bridgehead atoms. The van der Waals surface area contributed by atoms with Gasteiger partial charge >= 0.3 is 0 Å². The number of carbonyl (C=O) groups excluding carboxylic acids is 1. The maximum Gasteiger partial charge on any atom is 0.220 e. The number of halogens is 2. The predicted molar refractivity (Wildman–Crippen MR) is 89.6 cm³/mol. The summed E-state index contributed by atoms with van der Waals surface area (Å²) in [4.78, 5) is 11.6. The highest BCUT2D eigenvalue weighted by molar-refractivity contribution is 6.32. The molecule has 0 radical (unpaired) electrons. The first-order valence-corrected chi connectivity index (χ1v) is 7.37. The lowest BCUT2D eigenvalue weighted by molar-refractivity contribution is -0.121. The zero-order chi connectivity index (χ0) is 14.8. The van der Waals surface area contributed by atoms with Gasteiger partial charge in [-0.15, -0.1) is 12.4 Å². The fourth-order valence-corrected chi connectivity index (χ4v) is 1.91. The average molecular weight is 335 g/mol. The van der Waals surface area contributed by atoms with E-state index in [4.69, 9.17) is 16.3 Å². The highest BCUT2D eigenvalue weighted by Gasteiger charge is 2.11. The van der Waals surface area contributed by atoms with Crippen LogP contribution in [-0.2, 0) is 4.79 Å². The molecule has 6 heteroatoms. The molecule has 1 aromatic rings. The third kappa shape index (κ3) is 8.15. The van der Waals surface area contributed by atoms with E-state index in [0.29, 0.717) is 23.7 Å². The maximum absolute atomic E-state index is 11.6. The van der Waals surface area contributed by atoms with Crippen LogP contribution >= 0.6 is 24.0 Å². The fraction of sp³-hybridized carbons (Fsp3) is 0.533. The normalized spacial score (nSPS) is 11.4. The summed E-state index contributed by atoms with van der Waals surface area (Å²) in [5.74, 6) is 0.715. The second-order valence-electron chi connectivity index (χ2n) is 4.59. The van der Waals surface area contributed by atoms with Crippen molar-refractivity contribution in [2.45, 2.75) is 32.3 Å². The second-order valence-corrected chi connectivity index (χ2v) is 5.00. The highest BCUT2D eigenvalue weighted by Crippen LogP contribution is 2.24. The van der Waals surface area contributed by atoms with Crippen LogP contribution in [0.3, 0.4) is 0 Å². The van der Waals surface area contributed by atoms with Gasteiger partial charge in [0.1, 0.15) is 11.9 Å². The molecule has 1 atom stereocenters. The molecular weight excluding hydrogens is 311 g/mol. The summed E-state index contributed by atoms with van der Waals surface area (Å²) in [7, 11) is 1.88. The van der Waals surface area contributed by atoms with Gasteiger partial charge in [-0.25, -0.2) is 0 Å². The number of hydrogen-bond acceptors (Lipinski definition) is 3. The molecule has 0 saturated carbocycles. The molecule has 0 aliphatic heterocycles. The molecule has 1 rings (SSSR count). The van der Waals surface area contributed by atoms with Gasteiger partial charge in [-0.05, 0) is 38.6 Å². The van der Waals surface area contributed by atoms with Crippen LogP contribution in [0.15, 0.2) is 24.3 Å². The minimum atomic E-state index is -0.0665. The predicted octanol–water partition coefficient (Wildman–Crippen LogP) is 3.04. The molecule has 0 aliphatic rings. The molecule has 1 unspecified atom stereocenters. The summed E-state index contributed by atoms with van der Waals surface area (Å²) in [5, 5.41) is 6.51. The van der Waals surface area contributed by atoms with E-state index in [0.717, 1.165) is 19.4 Å². The molecule has 1 amide bonds. The van der Waals surface area contributed by atoms with Crippen LogP contribution in [0.2, 0.25) is 5.02 Å². The van der Waals surface area contributed by atoms with Crippen molar-refractivity contribution in [1.82, 2.24) is 10.6 Å². The monoisotopic (exact) mass is 334 g/mol. The number of hydrogen-bond donors (Lipinski definition) is 2. The summed E-state index contributed by atoms with van der Waals surface area (Å²) >= 11 is 6.05. The van der Waals surface area contributed by atoms with Gasteiger partial charge in [0.15, 0.2) is 0 Å². The van der Waals surface area contributed by atoms with E-state index in [1.165, 1.54) is 0 Å². The van der Waals surface area contributed by atoms with Crippen LogP contribution in [0.25, 0.3) is 0 Å². The summed E-state index contributed by atoms with van der Waals surface area (Å²) in [5.41, 5.74) is 0. The minimum Gasteiger partial charge on any atom is -0.487 e. The van der Waals surface area contributed by atoms with Gasteiger partial charge in [0.05, 0.1) is 11.6 Å². The van der Waals surface area contributed by atoms with Gasteiger partial charge in [0.25, 0.3) is 0 Å². The van der Waals surface area contributed by atoms with Crippen LogP contribution in [0.1, 0.15) is 26.2 Å². The van der Waals surface area contributed by atoms with Crippen molar-refractivity contribution in [1.29, 1.82) is 0 Å². The molecule has 4 nitrogen and oxygen atoms in total.